The van der Waals surface area contributed by atoms with Gasteiger partial charge in [0.25, 0.3) is 5.56 Å². The predicted molar refractivity (Wildman–Crippen MR) is 92.1 cm³/mol. The quantitative estimate of drug-likeness (QED) is 0.671. The van der Waals surface area contributed by atoms with Gasteiger partial charge in [0.1, 0.15) is 5.69 Å². The molecule has 0 saturated carbocycles. The topological polar surface area (TPSA) is 111 Å². The van der Waals surface area contributed by atoms with E-state index in [9.17, 15) is 14.7 Å². The van der Waals surface area contributed by atoms with Gasteiger partial charge >= 0.3 is 5.97 Å². The van der Waals surface area contributed by atoms with Gasteiger partial charge in [-0.05, 0) is 36.4 Å². The predicted octanol–water partition coefficient (Wildman–Crippen LogP) is 2.05. The second kappa shape index (κ2) is 5.75. The van der Waals surface area contributed by atoms with Crippen LogP contribution < -0.4 is 15.8 Å². The van der Waals surface area contributed by atoms with Gasteiger partial charge in [0.2, 0.25) is 0 Å². The van der Waals surface area contributed by atoms with Crippen molar-refractivity contribution >= 4 is 23.0 Å². The number of fused-ring (bicyclic) bond motifs is 1. The Morgan fingerprint density at radius 3 is 2.68 bits per heavy atom. The van der Waals surface area contributed by atoms with Crippen molar-refractivity contribution in [2.24, 2.45) is 0 Å². The van der Waals surface area contributed by atoms with E-state index in [2.05, 4.69) is 20.5 Å². The SMILES string of the molecule is O=C(O)c1ccc2c(c1)N(c1cc(-c3ccncc3)n[nH]c1=O)CN2. The molecule has 0 spiro atoms. The van der Waals surface area contributed by atoms with E-state index in [4.69, 9.17) is 0 Å². The van der Waals surface area contributed by atoms with Crippen molar-refractivity contribution in [1.82, 2.24) is 15.2 Å². The molecule has 1 aliphatic rings. The Morgan fingerprint density at radius 2 is 1.92 bits per heavy atom. The first-order valence-corrected chi connectivity index (χ1v) is 7.52. The molecule has 1 aliphatic heterocycles. The molecule has 25 heavy (non-hydrogen) atoms. The third-order valence-electron chi connectivity index (χ3n) is 4.01. The lowest BCUT2D eigenvalue weighted by Crippen LogP contribution is -2.25. The summed E-state index contributed by atoms with van der Waals surface area (Å²) in [5.74, 6) is -1.02. The molecule has 3 aromatic rings. The van der Waals surface area contributed by atoms with Crippen LogP contribution in [0, 0.1) is 0 Å². The van der Waals surface area contributed by atoms with Crippen LogP contribution in [0.4, 0.5) is 17.1 Å². The van der Waals surface area contributed by atoms with E-state index in [0.717, 1.165) is 11.3 Å². The summed E-state index contributed by atoms with van der Waals surface area (Å²) in [6.07, 6.45) is 3.29. The van der Waals surface area contributed by atoms with Crippen molar-refractivity contribution in [3.63, 3.8) is 0 Å². The average Bonchev–Trinajstić information content (AvgIpc) is 3.06. The minimum absolute atomic E-state index is 0.160. The lowest BCUT2D eigenvalue weighted by atomic mass is 10.1. The molecule has 0 radical (unpaired) electrons. The Kier molecular flexibility index (Phi) is 3.42. The minimum Gasteiger partial charge on any atom is -0.478 e. The highest BCUT2D eigenvalue weighted by Crippen LogP contribution is 2.36. The summed E-state index contributed by atoms with van der Waals surface area (Å²) in [5, 5.41) is 18.9. The van der Waals surface area contributed by atoms with Crippen molar-refractivity contribution in [1.29, 1.82) is 0 Å². The average molecular weight is 335 g/mol. The third-order valence-corrected chi connectivity index (χ3v) is 4.01. The molecular weight excluding hydrogens is 322 g/mol. The van der Waals surface area contributed by atoms with Crippen LogP contribution in [0.5, 0.6) is 0 Å². The van der Waals surface area contributed by atoms with E-state index in [1.165, 1.54) is 6.07 Å². The smallest absolute Gasteiger partial charge is 0.335 e. The van der Waals surface area contributed by atoms with E-state index in [1.54, 1.807) is 47.6 Å². The van der Waals surface area contributed by atoms with Crippen LogP contribution in [-0.2, 0) is 0 Å². The molecule has 2 aromatic heterocycles. The van der Waals surface area contributed by atoms with Gasteiger partial charge in [0.15, 0.2) is 0 Å². The maximum absolute atomic E-state index is 12.3. The number of benzene rings is 1. The second-order valence-electron chi connectivity index (χ2n) is 5.50. The van der Waals surface area contributed by atoms with Gasteiger partial charge in [-0.25, -0.2) is 9.89 Å². The van der Waals surface area contributed by atoms with Crippen molar-refractivity contribution in [2.75, 3.05) is 16.9 Å². The number of H-pyrrole nitrogens is 1. The van der Waals surface area contributed by atoms with Gasteiger partial charge in [-0.1, -0.05) is 0 Å². The van der Waals surface area contributed by atoms with E-state index in [1.807, 2.05) is 0 Å². The number of carbonyl (C=O) groups is 1. The number of hydrogen-bond donors (Lipinski definition) is 3. The highest BCUT2D eigenvalue weighted by molar-refractivity contribution is 5.93. The number of aromatic carboxylic acids is 1. The molecule has 3 N–H and O–H groups in total. The summed E-state index contributed by atoms with van der Waals surface area (Å²) in [6.45, 7) is 0.362. The first-order chi connectivity index (χ1) is 12.1. The highest BCUT2D eigenvalue weighted by atomic mass is 16.4. The maximum Gasteiger partial charge on any atom is 0.335 e. The number of anilines is 3. The Balaban J connectivity index is 1.81. The van der Waals surface area contributed by atoms with E-state index >= 15 is 0 Å². The van der Waals surface area contributed by atoms with Crippen molar-refractivity contribution in [3.8, 4) is 11.3 Å². The molecule has 1 aromatic carbocycles. The lowest BCUT2D eigenvalue weighted by molar-refractivity contribution is 0.0697. The summed E-state index contributed by atoms with van der Waals surface area (Å²) in [4.78, 5) is 29.2. The monoisotopic (exact) mass is 335 g/mol. The molecule has 0 amide bonds. The molecule has 0 saturated heterocycles. The zero-order chi connectivity index (χ0) is 17.4. The molecule has 0 unspecified atom stereocenters. The molecule has 3 heterocycles. The summed E-state index contributed by atoms with van der Waals surface area (Å²) in [6, 6.07) is 10.0. The zero-order valence-electron chi connectivity index (χ0n) is 12.9. The molecule has 0 fully saturated rings. The first-order valence-electron chi connectivity index (χ1n) is 7.52. The number of aromatic nitrogens is 3. The number of carboxylic acid groups (broad SMARTS) is 1. The summed E-state index contributed by atoms with van der Waals surface area (Å²) in [5.41, 5.74) is 3.01. The summed E-state index contributed by atoms with van der Waals surface area (Å²) in [7, 11) is 0. The largest absolute Gasteiger partial charge is 0.478 e. The molecule has 124 valence electrons. The van der Waals surface area contributed by atoms with E-state index in [-0.39, 0.29) is 11.1 Å². The summed E-state index contributed by atoms with van der Waals surface area (Å²) < 4.78 is 0. The third kappa shape index (κ3) is 2.59. The number of nitrogens with one attached hydrogen (secondary N) is 2. The van der Waals surface area contributed by atoms with Crippen LogP contribution >= 0.6 is 0 Å². The Morgan fingerprint density at radius 1 is 1.12 bits per heavy atom. The van der Waals surface area contributed by atoms with E-state index in [0.29, 0.717) is 23.7 Å². The first kappa shape index (κ1) is 14.9. The van der Waals surface area contributed by atoms with Gasteiger partial charge in [-0.2, -0.15) is 5.10 Å². The van der Waals surface area contributed by atoms with Crippen LogP contribution in [-0.4, -0.2) is 32.9 Å². The number of aromatic amines is 1. The second-order valence-corrected chi connectivity index (χ2v) is 5.50. The molecule has 0 aliphatic carbocycles. The number of carboxylic acids is 1. The standard InChI is InChI=1S/C17H13N5O3/c23-16-15(8-13(20-21-16)10-3-5-18-6-4-10)22-9-19-12-2-1-11(17(24)25)7-14(12)22/h1-8,19H,9H2,(H,21,23)(H,24,25). The van der Waals surface area contributed by atoms with Gasteiger partial charge in [-0.3, -0.25) is 9.78 Å². The van der Waals surface area contributed by atoms with Gasteiger partial charge in [-0.15, -0.1) is 0 Å². The lowest BCUT2D eigenvalue weighted by Gasteiger charge is -2.17. The Hall–Kier alpha value is -3.68. The van der Waals surface area contributed by atoms with Gasteiger partial charge in [0, 0.05) is 18.0 Å². The molecule has 4 rings (SSSR count). The molecule has 8 heteroatoms. The van der Waals surface area contributed by atoms with Crippen LogP contribution in [0.1, 0.15) is 10.4 Å². The van der Waals surface area contributed by atoms with Crippen LogP contribution in [0.25, 0.3) is 11.3 Å². The highest BCUT2D eigenvalue weighted by Gasteiger charge is 2.24. The number of nitrogens with zero attached hydrogens (tertiary/aromatic N) is 3. The van der Waals surface area contributed by atoms with Crippen LogP contribution in [0.2, 0.25) is 0 Å². The molecule has 8 nitrogen and oxygen atoms in total. The Bertz CT molecular complexity index is 1020. The van der Waals surface area contributed by atoms with Gasteiger partial charge in [0.05, 0.1) is 29.3 Å². The fraction of sp³-hybridized carbons (Fsp3) is 0.0588. The fourth-order valence-corrected chi connectivity index (χ4v) is 2.77. The van der Waals surface area contributed by atoms with Crippen LogP contribution in [0.15, 0.2) is 53.6 Å². The summed E-state index contributed by atoms with van der Waals surface area (Å²) >= 11 is 0. The van der Waals surface area contributed by atoms with E-state index < -0.39 is 5.97 Å². The number of rotatable bonds is 3. The van der Waals surface area contributed by atoms with Crippen molar-refractivity contribution in [3.05, 3.63) is 64.7 Å². The minimum atomic E-state index is -1.02. The normalized spacial score (nSPS) is 12.6. The number of hydrogen-bond acceptors (Lipinski definition) is 6. The van der Waals surface area contributed by atoms with Crippen LogP contribution in [0.3, 0.4) is 0 Å². The zero-order valence-corrected chi connectivity index (χ0v) is 12.9. The number of pyridine rings is 1. The van der Waals surface area contributed by atoms with Crippen molar-refractivity contribution in [2.45, 2.75) is 0 Å². The molecule has 0 bridgehead atoms. The Labute approximate surface area is 141 Å². The maximum atomic E-state index is 12.3. The van der Waals surface area contributed by atoms with Gasteiger partial charge < -0.3 is 15.3 Å². The molecular formula is C17H13N5O3. The molecule has 0 atom stereocenters. The fourth-order valence-electron chi connectivity index (χ4n) is 2.77. The van der Waals surface area contributed by atoms with Crippen molar-refractivity contribution < 1.29 is 9.90 Å².